The van der Waals surface area contributed by atoms with Gasteiger partial charge in [-0.25, -0.2) is 4.98 Å². The van der Waals surface area contributed by atoms with E-state index in [1.807, 2.05) is 79.8 Å². The largest absolute Gasteiger partial charge is 0.378 e. The van der Waals surface area contributed by atoms with E-state index in [1.54, 1.807) is 0 Å². The predicted octanol–water partition coefficient (Wildman–Crippen LogP) is 3.17. The van der Waals surface area contributed by atoms with E-state index >= 15 is 0 Å². The molecule has 0 saturated carbocycles. The van der Waals surface area contributed by atoms with Crippen molar-refractivity contribution < 1.29 is 9.59 Å². The molecule has 2 amide bonds. The zero-order chi connectivity index (χ0) is 21.0. The van der Waals surface area contributed by atoms with Crippen molar-refractivity contribution in [3.63, 3.8) is 0 Å². The zero-order valence-electron chi connectivity index (χ0n) is 17.3. The fraction of sp³-hybridized carbons (Fsp3) is 0.318. The molecule has 7 heteroatoms. The van der Waals surface area contributed by atoms with Gasteiger partial charge in [0.05, 0.1) is 5.69 Å². The average Bonchev–Trinajstić information content (AvgIpc) is 3.03. The Morgan fingerprint density at radius 2 is 1.83 bits per heavy atom. The third-order valence-corrected chi connectivity index (χ3v) is 4.77. The minimum Gasteiger partial charge on any atom is -0.378 e. The lowest BCUT2D eigenvalue weighted by Gasteiger charge is -2.13. The molecular formula is C22H27N5O2. The number of benzene rings is 1. The Bertz CT molecular complexity index is 1020. The SMILES string of the molecule is Cc1nc2c(C)cccn2c1C(=O)NCCCC(=O)Nc1ccc(N(C)C)cc1. The van der Waals surface area contributed by atoms with Crippen molar-refractivity contribution in [2.24, 2.45) is 0 Å². The van der Waals surface area contributed by atoms with Crippen molar-refractivity contribution in [2.45, 2.75) is 26.7 Å². The van der Waals surface area contributed by atoms with Gasteiger partial charge in [-0.3, -0.25) is 14.0 Å². The molecule has 3 rings (SSSR count). The van der Waals surface area contributed by atoms with Crippen molar-refractivity contribution in [3.05, 3.63) is 59.5 Å². The highest BCUT2D eigenvalue weighted by atomic mass is 16.2. The molecule has 0 atom stereocenters. The quantitative estimate of drug-likeness (QED) is 0.605. The number of hydrogen-bond donors (Lipinski definition) is 2. The predicted molar refractivity (Wildman–Crippen MR) is 116 cm³/mol. The molecule has 0 saturated heterocycles. The van der Waals surface area contributed by atoms with Gasteiger partial charge >= 0.3 is 0 Å². The van der Waals surface area contributed by atoms with Crippen LogP contribution in [-0.4, -0.2) is 41.8 Å². The van der Waals surface area contributed by atoms with Crippen LogP contribution in [0.5, 0.6) is 0 Å². The lowest BCUT2D eigenvalue weighted by molar-refractivity contribution is -0.116. The number of rotatable bonds is 7. The number of amides is 2. The van der Waals surface area contributed by atoms with Crippen LogP contribution in [0.15, 0.2) is 42.6 Å². The molecule has 0 aliphatic rings. The standard InChI is InChI=1S/C22H27N5O2/c1-15-7-6-14-27-20(16(2)24-21(15)27)22(29)23-13-5-8-19(28)25-17-9-11-18(12-10-17)26(3)4/h6-7,9-12,14H,5,8,13H2,1-4H3,(H,23,29)(H,25,28). The van der Waals surface area contributed by atoms with Crippen molar-refractivity contribution in [1.29, 1.82) is 0 Å². The van der Waals surface area contributed by atoms with Crippen LogP contribution in [0.25, 0.3) is 5.65 Å². The van der Waals surface area contributed by atoms with E-state index in [1.165, 1.54) is 0 Å². The van der Waals surface area contributed by atoms with Crippen molar-refractivity contribution in [1.82, 2.24) is 14.7 Å². The summed E-state index contributed by atoms with van der Waals surface area (Å²) < 4.78 is 1.81. The molecule has 0 aliphatic carbocycles. The number of anilines is 2. The van der Waals surface area contributed by atoms with Crippen molar-refractivity contribution in [3.8, 4) is 0 Å². The van der Waals surface area contributed by atoms with Crippen LogP contribution in [0.1, 0.15) is 34.6 Å². The summed E-state index contributed by atoms with van der Waals surface area (Å²) in [4.78, 5) is 31.2. The summed E-state index contributed by atoms with van der Waals surface area (Å²) in [5.74, 6) is -0.251. The molecule has 0 unspecified atom stereocenters. The van der Waals surface area contributed by atoms with Gasteiger partial charge in [-0.1, -0.05) is 6.07 Å². The second-order valence-corrected chi connectivity index (χ2v) is 7.28. The highest BCUT2D eigenvalue weighted by molar-refractivity contribution is 5.95. The van der Waals surface area contributed by atoms with Crippen LogP contribution < -0.4 is 15.5 Å². The van der Waals surface area contributed by atoms with E-state index in [-0.39, 0.29) is 11.8 Å². The van der Waals surface area contributed by atoms with Gasteiger partial charge in [0.1, 0.15) is 11.3 Å². The molecule has 0 aliphatic heterocycles. The number of hydrogen-bond acceptors (Lipinski definition) is 4. The second kappa shape index (κ2) is 8.77. The number of aryl methyl sites for hydroxylation is 2. The lowest BCUT2D eigenvalue weighted by atomic mass is 10.2. The number of nitrogens with zero attached hydrogens (tertiary/aromatic N) is 3. The molecule has 29 heavy (non-hydrogen) atoms. The minimum absolute atomic E-state index is 0.0709. The van der Waals surface area contributed by atoms with E-state index in [0.29, 0.717) is 30.8 Å². The number of carbonyl (C=O) groups excluding carboxylic acids is 2. The Balaban J connectivity index is 1.49. The zero-order valence-corrected chi connectivity index (χ0v) is 17.3. The first kappa shape index (κ1) is 20.4. The molecule has 1 aromatic carbocycles. The Labute approximate surface area is 170 Å². The lowest BCUT2D eigenvalue weighted by Crippen LogP contribution is -2.27. The minimum atomic E-state index is -0.180. The summed E-state index contributed by atoms with van der Waals surface area (Å²) in [6.07, 6.45) is 2.73. The Morgan fingerprint density at radius 1 is 1.10 bits per heavy atom. The highest BCUT2D eigenvalue weighted by Crippen LogP contribution is 2.16. The molecule has 0 bridgehead atoms. The summed E-state index contributed by atoms with van der Waals surface area (Å²) in [5, 5.41) is 5.77. The monoisotopic (exact) mass is 393 g/mol. The summed E-state index contributed by atoms with van der Waals surface area (Å²) >= 11 is 0. The molecule has 0 spiro atoms. The molecule has 2 heterocycles. The Kier molecular flexibility index (Phi) is 6.16. The fourth-order valence-electron chi connectivity index (χ4n) is 3.19. The van der Waals surface area contributed by atoms with Crippen molar-refractivity contribution in [2.75, 3.05) is 30.9 Å². The number of aromatic nitrogens is 2. The van der Waals surface area contributed by atoms with Crippen LogP contribution in [0, 0.1) is 13.8 Å². The molecule has 3 aromatic rings. The van der Waals surface area contributed by atoms with Gasteiger partial charge in [0, 0.05) is 44.6 Å². The van der Waals surface area contributed by atoms with E-state index in [2.05, 4.69) is 15.6 Å². The number of pyridine rings is 1. The molecule has 0 fully saturated rings. The maximum Gasteiger partial charge on any atom is 0.270 e. The van der Waals surface area contributed by atoms with E-state index in [4.69, 9.17) is 0 Å². The van der Waals surface area contributed by atoms with Crippen LogP contribution in [0.4, 0.5) is 11.4 Å². The Morgan fingerprint density at radius 3 is 2.52 bits per heavy atom. The van der Waals surface area contributed by atoms with Gasteiger partial charge in [-0.2, -0.15) is 0 Å². The van der Waals surface area contributed by atoms with Gasteiger partial charge in [0.25, 0.3) is 5.91 Å². The third kappa shape index (κ3) is 4.74. The molecule has 0 radical (unpaired) electrons. The number of fused-ring (bicyclic) bond motifs is 1. The Hall–Kier alpha value is -3.35. The van der Waals surface area contributed by atoms with Gasteiger partial charge in [0.15, 0.2) is 0 Å². The number of nitrogens with one attached hydrogen (secondary N) is 2. The van der Waals surface area contributed by atoms with Gasteiger partial charge in [-0.15, -0.1) is 0 Å². The normalized spacial score (nSPS) is 10.8. The summed E-state index contributed by atoms with van der Waals surface area (Å²) in [5.41, 5.74) is 4.87. The van der Waals surface area contributed by atoms with E-state index in [9.17, 15) is 9.59 Å². The fourth-order valence-corrected chi connectivity index (χ4v) is 3.19. The molecule has 2 N–H and O–H groups in total. The smallest absolute Gasteiger partial charge is 0.270 e. The van der Waals surface area contributed by atoms with Crippen LogP contribution in [0.2, 0.25) is 0 Å². The van der Waals surface area contributed by atoms with E-state index in [0.717, 1.165) is 22.6 Å². The first-order chi connectivity index (χ1) is 13.9. The first-order valence-electron chi connectivity index (χ1n) is 9.66. The summed E-state index contributed by atoms with van der Waals surface area (Å²) in [6.45, 7) is 4.22. The summed E-state index contributed by atoms with van der Waals surface area (Å²) in [6, 6.07) is 11.5. The average molecular weight is 393 g/mol. The summed E-state index contributed by atoms with van der Waals surface area (Å²) in [7, 11) is 3.94. The molecule has 2 aromatic heterocycles. The third-order valence-electron chi connectivity index (χ3n) is 4.77. The van der Waals surface area contributed by atoms with E-state index < -0.39 is 0 Å². The number of imidazole rings is 1. The van der Waals surface area contributed by atoms with Crippen molar-refractivity contribution >= 4 is 28.8 Å². The van der Waals surface area contributed by atoms with Crippen LogP contribution in [-0.2, 0) is 4.79 Å². The van der Waals surface area contributed by atoms with Crippen LogP contribution in [0.3, 0.4) is 0 Å². The highest BCUT2D eigenvalue weighted by Gasteiger charge is 2.17. The van der Waals surface area contributed by atoms with Gasteiger partial charge < -0.3 is 15.5 Å². The maximum atomic E-state index is 12.6. The number of carbonyl (C=O) groups is 2. The first-order valence-corrected chi connectivity index (χ1v) is 9.66. The second-order valence-electron chi connectivity index (χ2n) is 7.28. The molecule has 7 nitrogen and oxygen atoms in total. The molecule has 152 valence electrons. The van der Waals surface area contributed by atoms with Gasteiger partial charge in [-0.05, 0) is 56.2 Å². The maximum absolute atomic E-state index is 12.6. The molecular weight excluding hydrogens is 366 g/mol. The van der Waals surface area contributed by atoms with Gasteiger partial charge in [0.2, 0.25) is 5.91 Å². The topological polar surface area (TPSA) is 78.7 Å². The van der Waals surface area contributed by atoms with Crippen LogP contribution >= 0.6 is 0 Å².